The molecule has 0 atom stereocenters. The molecule has 0 spiro atoms. The summed E-state index contributed by atoms with van der Waals surface area (Å²) < 4.78 is 0.631. The average molecular weight is 287 g/mol. The predicted molar refractivity (Wildman–Crippen MR) is 65.7 cm³/mol. The lowest BCUT2D eigenvalue weighted by Crippen LogP contribution is -2.26. The van der Waals surface area contributed by atoms with Gasteiger partial charge in [0, 0.05) is 0 Å². The lowest BCUT2D eigenvalue weighted by Gasteiger charge is -2.20. The van der Waals surface area contributed by atoms with Crippen molar-refractivity contribution in [3.8, 4) is 5.75 Å². The highest BCUT2D eigenvalue weighted by atomic mass is 79.9. The summed E-state index contributed by atoms with van der Waals surface area (Å²) in [6, 6.07) is 3.62. The predicted octanol–water partition coefficient (Wildman–Crippen LogP) is 3.12. The summed E-state index contributed by atoms with van der Waals surface area (Å²) in [7, 11) is 0. The summed E-state index contributed by atoms with van der Waals surface area (Å²) in [4.78, 5) is 11.0. The first-order valence-corrected chi connectivity index (χ1v) is 5.75. The number of hydrogen-bond donors (Lipinski definition) is 2. The van der Waals surface area contributed by atoms with Crippen LogP contribution < -0.4 is 0 Å². The van der Waals surface area contributed by atoms with E-state index in [1.54, 1.807) is 19.9 Å². The minimum Gasteiger partial charge on any atom is -0.506 e. The van der Waals surface area contributed by atoms with Crippen LogP contribution in [-0.4, -0.2) is 16.2 Å². The van der Waals surface area contributed by atoms with Crippen molar-refractivity contribution < 1.29 is 15.0 Å². The van der Waals surface area contributed by atoms with E-state index in [9.17, 15) is 9.90 Å². The molecule has 4 heteroatoms. The first kappa shape index (κ1) is 13.0. The first-order valence-electron chi connectivity index (χ1n) is 4.96. The van der Waals surface area contributed by atoms with Crippen molar-refractivity contribution in [2.75, 3.05) is 0 Å². The van der Waals surface area contributed by atoms with Crippen LogP contribution in [0.1, 0.15) is 25.0 Å². The van der Waals surface area contributed by atoms with Crippen LogP contribution in [-0.2, 0) is 11.2 Å². The van der Waals surface area contributed by atoms with Crippen LogP contribution in [0.4, 0.5) is 0 Å². The highest BCUT2D eigenvalue weighted by Crippen LogP contribution is 2.34. The molecule has 0 saturated heterocycles. The third-order valence-electron chi connectivity index (χ3n) is 2.60. The van der Waals surface area contributed by atoms with Crippen LogP contribution in [0.25, 0.3) is 0 Å². The van der Waals surface area contributed by atoms with E-state index in [0.29, 0.717) is 16.5 Å². The largest absolute Gasteiger partial charge is 0.506 e. The third kappa shape index (κ3) is 2.55. The molecule has 3 nitrogen and oxygen atoms in total. The maximum atomic E-state index is 11.0. The fourth-order valence-corrected chi connectivity index (χ4v) is 1.79. The minimum atomic E-state index is -0.883. The topological polar surface area (TPSA) is 57.5 Å². The van der Waals surface area contributed by atoms with Crippen molar-refractivity contribution in [2.45, 2.75) is 27.2 Å². The molecule has 0 aliphatic heterocycles. The molecule has 88 valence electrons. The molecule has 0 aliphatic rings. The van der Waals surface area contributed by atoms with Crippen LogP contribution in [0.5, 0.6) is 5.75 Å². The zero-order valence-corrected chi connectivity index (χ0v) is 11.1. The summed E-state index contributed by atoms with van der Waals surface area (Å²) in [5, 5.41) is 18.9. The fraction of sp³-hybridized carbons (Fsp3) is 0.417. The van der Waals surface area contributed by atoms with Gasteiger partial charge in [0.2, 0.25) is 0 Å². The SMILES string of the molecule is Cc1ccc(CC(C)(C)C(=O)O)c(O)c1Br. The molecule has 0 aliphatic carbocycles. The molecule has 0 bridgehead atoms. The molecule has 0 saturated carbocycles. The third-order valence-corrected chi connectivity index (χ3v) is 3.61. The van der Waals surface area contributed by atoms with Gasteiger partial charge in [0.15, 0.2) is 0 Å². The van der Waals surface area contributed by atoms with Crippen molar-refractivity contribution in [1.82, 2.24) is 0 Å². The smallest absolute Gasteiger partial charge is 0.309 e. The van der Waals surface area contributed by atoms with Crippen molar-refractivity contribution in [3.05, 3.63) is 27.7 Å². The van der Waals surface area contributed by atoms with Crippen molar-refractivity contribution in [2.24, 2.45) is 5.41 Å². The Morgan fingerprint density at radius 3 is 2.50 bits per heavy atom. The van der Waals surface area contributed by atoms with Crippen molar-refractivity contribution in [3.63, 3.8) is 0 Å². The van der Waals surface area contributed by atoms with Gasteiger partial charge in [0.25, 0.3) is 0 Å². The number of phenols is 1. The summed E-state index contributed by atoms with van der Waals surface area (Å²) in [6.07, 6.45) is 0.299. The maximum Gasteiger partial charge on any atom is 0.309 e. The van der Waals surface area contributed by atoms with Gasteiger partial charge in [-0.3, -0.25) is 4.79 Å². The molecule has 0 heterocycles. The van der Waals surface area contributed by atoms with E-state index in [0.717, 1.165) is 5.56 Å². The molecule has 16 heavy (non-hydrogen) atoms. The van der Waals surface area contributed by atoms with Crippen LogP contribution in [0, 0.1) is 12.3 Å². The maximum absolute atomic E-state index is 11.0. The molecule has 0 radical (unpaired) electrons. The van der Waals surface area contributed by atoms with E-state index < -0.39 is 11.4 Å². The van der Waals surface area contributed by atoms with Gasteiger partial charge in [-0.25, -0.2) is 0 Å². The highest BCUT2D eigenvalue weighted by molar-refractivity contribution is 9.10. The van der Waals surface area contributed by atoms with Crippen LogP contribution in [0.2, 0.25) is 0 Å². The van der Waals surface area contributed by atoms with E-state index in [1.807, 2.05) is 13.0 Å². The molecular formula is C12H15BrO3. The Bertz CT molecular complexity index is 425. The van der Waals surface area contributed by atoms with E-state index in [2.05, 4.69) is 15.9 Å². The molecule has 0 aromatic heterocycles. The van der Waals surface area contributed by atoms with Gasteiger partial charge in [-0.05, 0) is 54.2 Å². The number of aromatic hydroxyl groups is 1. The summed E-state index contributed by atoms with van der Waals surface area (Å²) >= 11 is 3.28. The molecule has 1 aromatic carbocycles. The van der Waals surface area contributed by atoms with E-state index in [4.69, 9.17) is 5.11 Å². The number of carboxylic acids is 1. The van der Waals surface area contributed by atoms with Gasteiger partial charge in [-0.1, -0.05) is 12.1 Å². The quantitative estimate of drug-likeness (QED) is 0.898. The molecule has 1 aromatic rings. The Morgan fingerprint density at radius 2 is 2.00 bits per heavy atom. The lowest BCUT2D eigenvalue weighted by atomic mass is 9.85. The Hall–Kier alpha value is -1.03. The van der Waals surface area contributed by atoms with Crippen LogP contribution >= 0.6 is 15.9 Å². The monoisotopic (exact) mass is 286 g/mol. The number of carboxylic acid groups (broad SMARTS) is 1. The zero-order chi connectivity index (χ0) is 12.5. The van der Waals surface area contributed by atoms with Gasteiger partial charge in [0.1, 0.15) is 5.75 Å². The van der Waals surface area contributed by atoms with E-state index in [-0.39, 0.29) is 5.75 Å². The number of benzene rings is 1. The summed E-state index contributed by atoms with van der Waals surface area (Å²) in [6.45, 7) is 5.15. The number of rotatable bonds is 3. The summed E-state index contributed by atoms with van der Waals surface area (Å²) in [5.74, 6) is -0.738. The minimum absolute atomic E-state index is 0.134. The highest BCUT2D eigenvalue weighted by Gasteiger charge is 2.28. The van der Waals surface area contributed by atoms with Gasteiger partial charge in [0.05, 0.1) is 9.89 Å². The Kier molecular flexibility index (Phi) is 3.63. The van der Waals surface area contributed by atoms with Crippen molar-refractivity contribution in [1.29, 1.82) is 0 Å². The molecule has 0 unspecified atom stereocenters. The fourth-order valence-electron chi connectivity index (χ4n) is 1.40. The second-order valence-corrected chi connectivity index (χ2v) is 5.36. The van der Waals surface area contributed by atoms with Gasteiger partial charge < -0.3 is 10.2 Å². The number of carbonyl (C=O) groups is 1. The van der Waals surface area contributed by atoms with Gasteiger partial charge in [-0.2, -0.15) is 0 Å². The number of phenolic OH excluding ortho intramolecular Hbond substituents is 1. The molecule has 2 N–H and O–H groups in total. The molecule has 0 fully saturated rings. The average Bonchev–Trinajstić information content (AvgIpc) is 2.19. The number of aryl methyl sites for hydroxylation is 1. The van der Waals surface area contributed by atoms with Crippen LogP contribution in [0.3, 0.4) is 0 Å². The lowest BCUT2D eigenvalue weighted by molar-refractivity contribution is -0.146. The second-order valence-electron chi connectivity index (χ2n) is 4.57. The van der Waals surface area contributed by atoms with Crippen LogP contribution in [0.15, 0.2) is 16.6 Å². The first-order chi connectivity index (χ1) is 7.25. The molecular weight excluding hydrogens is 272 g/mol. The molecule has 0 amide bonds. The Balaban J connectivity index is 3.08. The van der Waals surface area contributed by atoms with E-state index in [1.165, 1.54) is 0 Å². The van der Waals surface area contributed by atoms with Crippen molar-refractivity contribution >= 4 is 21.9 Å². The summed E-state index contributed by atoms with van der Waals surface area (Å²) in [5.41, 5.74) is 0.686. The Morgan fingerprint density at radius 1 is 1.44 bits per heavy atom. The standard InChI is InChI=1S/C12H15BrO3/c1-7-4-5-8(10(14)9(7)13)6-12(2,3)11(15)16/h4-5,14H,6H2,1-3H3,(H,15,16). The normalized spacial score (nSPS) is 11.5. The van der Waals surface area contributed by atoms with Gasteiger partial charge in [-0.15, -0.1) is 0 Å². The second kappa shape index (κ2) is 4.45. The van der Waals surface area contributed by atoms with E-state index >= 15 is 0 Å². The molecule has 1 rings (SSSR count). The van der Waals surface area contributed by atoms with Gasteiger partial charge >= 0.3 is 5.97 Å². The number of aliphatic carboxylic acids is 1. The number of halogens is 1. The zero-order valence-electron chi connectivity index (χ0n) is 9.54. The number of hydrogen-bond acceptors (Lipinski definition) is 2. The Labute approximate surface area is 103 Å².